The van der Waals surface area contributed by atoms with E-state index in [1.54, 1.807) is 7.11 Å². The molecule has 2 N–H and O–H groups in total. The van der Waals surface area contributed by atoms with E-state index in [0.717, 1.165) is 18.3 Å². The second kappa shape index (κ2) is 5.23. The molecule has 3 rings (SSSR count). The van der Waals surface area contributed by atoms with E-state index in [-0.39, 0.29) is 0 Å². The summed E-state index contributed by atoms with van der Waals surface area (Å²) in [7, 11) is 1.62. The lowest BCUT2D eigenvalue weighted by Gasteiger charge is -2.44. The van der Waals surface area contributed by atoms with Gasteiger partial charge in [-0.25, -0.2) is 0 Å². The second-order valence-electron chi connectivity index (χ2n) is 5.57. The zero-order chi connectivity index (χ0) is 13.2. The number of rotatable bonds is 2. The lowest BCUT2D eigenvalue weighted by atomic mass is 9.78. The van der Waals surface area contributed by atoms with Crippen molar-refractivity contribution in [2.45, 2.75) is 44.6 Å². The highest BCUT2D eigenvalue weighted by Crippen LogP contribution is 2.37. The Kier molecular flexibility index (Phi) is 3.44. The summed E-state index contributed by atoms with van der Waals surface area (Å²) in [6, 6.07) is 2.54. The highest BCUT2D eigenvalue weighted by atomic mass is 16.5. The summed E-state index contributed by atoms with van der Waals surface area (Å²) >= 11 is 0. The van der Waals surface area contributed by atoms with Crippen molar-refractivity contribution >= 4 is 11.8 Å². The van der Waals surface area contributed by atoms with Crippen molar-refractivity contribution in [2.24, 2.45) is 5.92 Å². The first-order valence-corrected chi connectivity index (χ1v) is 7.23. The molecule has 19 heavy (non-hydrogen) atoms. The molecule has 1 saturated heterocycles. The second-order valence-corrected chi connectivity index (χ2v) is 5.57. The molecule has 2 unspecified atom stereocenters. The van der Waals surface area contributed by atoms with Crippen LogP contribution >= 0.6 is 0 Å². The van der Waals surface area contributed by atoms with Crippen molar-refractivity contribution in [2.75, 3.05) is 24.3 Å². The minimum absolute atomic E-state index is 0.298. The van der Waals surface area contributed by atoms with Crippen LogP contribution in [0.2, 0.25) is 0 Å². The first-order valence-electron chi connectivity index (χ1n) is 7.23. The molecule has 104 valence electrons. The molecule has 1 aromatic rings. The summed E-state index contributed by atoms with van der Waals surface area (Å²) in [6.07, 6.45) is 7.95. The van der Waals surface area contributed by atoms with E-state index in [1.807, 2.05) is 6.07 Å². The quantitative estimate of drug-likeness (QED) is 0.885. The smallest absolute Gasteiger partial charge is 0.225 e. The summed E-state index contributed by atoms with van der Waals surface area (Å²) < 4.78 is 5.20. The molecule has 2 fully saturated rings. The summed E-state index contributed by atoms with van der Waals surface area (Å²) in [4.78, 5) is 10.9. The maximum Gasteiger partial charge on any atom is 0.225 e. The minimum Gasteiger partial charge on any atom is -0.481 e. The van der Waals surface area contributed by atoms with Crippen molar-refractivity contribution in [1.29, 1.82) is 0 Å². The van der Waals surface area contributed by atoms with Gasteiger partial charge < -0.3 is 15.4 Å². The molecule has 5 heteroatoms. The first-order chi connectivity index (χ1) is 9.28. The highest BCUT2D eigenvalue weighted by Gasteiger charge is 2.34. The van der Waals surface area contributed by atoms with Crippen LogP contribution in [-0.4, -0.2) is 29.7 Å². The van der Waals surface area contributed by atoms with E-state index in [1.165, 1.54) is 38.5 Å². The number of nitrogens with zero attached hydrogens (tertiary/aromatic N) is 3. The molecule has 1 aromatic heterocycles. The molecule has 2 heterocycles. The Labute approximate surface area is 114 Å². The summed E-state index contributed by atoms with van der Waals surface area (Å²) in [6.45, 7) is 1.07. The molecule has 1 saturated carbocycles. The van der Waals surface area contributed by atoms with Crippen molar-refractivity contribution < 1.29 is 4.74 Å². The van der Waals surface area contributed by atoms with Gasteiger partial charge in [0.2, 0.25) is 11.8 Å². The predicted molar refractivity (Wildman–Crippen MR) is 75.3 cm³/mol. The first kappa shape index (κ1) is 12.5. The van der Waals surface area contributed by atoms with E-state index in [4.69, 9.17) is 10.5 Å². The highest BCUT2D eigenvalue weighted by molar-refractivity contribution is 5.47. The van der Waals surface area contributed by atoms with Gasteiger partial charge in [0.25, 0.3) is 0 Å². The molecule has 5 nitrogen and oxygen atoms in total. The number of methoxy groups -OCH3 is 1. The molecule has 0 spiro atoms. The Hall–Kier alpha value is -1.52. The van der Waals surface area contributed by atoms with Gasteiger partial charge in [0.1, 0.15) is 5.82 Å². The average Bonchev–Trinajstić information content (AvgIpc) is 2.46. The van der Waals surface area contributed by atoms with Crippen LogP contribution in [-0.2, 0) is 0 Å². The zero-order valence-electron chi connectivity index (χ0n) is 11.5. The Bertz CT molecular complexity index is 449. The SMILES string of the molecule is COc1cc(N2CCCC3CCCCC32)nc(N)n1. The van der Waals surface area contributed by atoms with Gasteiger partial charge >= 0.3 is 0 Å². The Morgan fingerprint density at radius 1 is 1.21 bits per heavy atom. The number of hydrogen-bond donors (Lipinski definition) is 1. The van der Waals surface area contributed by atoms with E-state index in [9.17, 15) is 0 Å². The Morgan fingerprint density at radius 3 is 2.84 bits per heavy atom. The molecule has 0 aromatic carbocycles. The molecule has 1 aliphatic heterocycles. The van der Waals surface area contributed by atoms with Crippen LogP contribution in [0.3, 0.4) is 0 Å². The maximum absolute atomic E-state index is 5.78. The third-order valence-corrected chi connectivity index (χ3v) is 4.45. The van der Waals surface area contributed by atoms with Crippen LogP contribution in [0.5, 0.6) is 5.88 Å². The fourth-order valence-corrected chi connectivity index (χ4v) is 3.59. The van der Waals surface area contributed by atoms with Gasteiger partial charge in [-0.3, -0.25) is 0 Å². The monoisotopic (exact) mass is 262 g/mol. The van der Waals surface area contributed by atoms with Crippen LogP contribution in [0.4, 0.5) is 11.8 Å². The Balaban J connectivity index is 1.89. The van der Waals surface area contributed by atoms with Crippen molar-refractivity contribution in [1.82, 2.24) is 9.97 Å². The third-order valence-electron chi connectivity index (χ3n) is 4.45. The van der Waals surface area contributed by atoms with Crippen LogP contribution in [0.1, 0.15) is 38.5 Å². The molecule has 2 atom stereocenters. The van der Waals surface area contributed by atoms with E-state index >= 15 is 0 Å². The number of ether oxygens (including phenoxy) is 1. The predicted octanol–water partition coefficient (Wildman–Crippen LogP) is 2.23. The van der Waals surface area contributed by atoms with Crippen LogP contribution in [0.25, 0.3) is 0 Å². The third kappa shape index (κ3) is 2.46. The summed E-state index contributed by atoms with van der Waals surface area (Å²) in [5.41, 5.74) is 5.78. The molecule has 2 aliphatic rings. The van der Waals surface area contributed by atoms with Crippen molar-refractivity contribution in [3.05, 3.63) is 6.07 Å². The number of anilines is 2. The minimum atomic E-state index is 0.298. The zero-order valence-corrected chi connectivity index (χ0v) is 11.5. The normalized spacial score (nSPS) is 26.9. The van der Waals surface area contributed by atoms with Crippen LogP contribution in [0, 0.1) is 5.92 Å². The maximum atomic E-state index is 5.78. The van der Waals surface area contributed by atoms with Gasteiger partial charge in [-0.05, 0) is 31.6 Å². The van der Waals surface area contributed by atoms with E-state index in [2.05, 4.69) is 14.9 Å². The van der Waals surface area contributed by atoms with E-state index in [0.29, 0.717) is 17.9 Å². The lowest BCUT2D eigenvalue weighted by Crippen LogP contribution is -2.47. The van der Waals surface area contributed by atoms with Gasteiger partial charge in [0.05, 0.1) is 7.11 Å². The molecular weight excluding hydrogens is 240 g/mol. The number of nitrogens with two attached hydrogens (primary N) is 1. The molecule has 0 amide bonds. The van der Waals surface area contributed by atoms with Gasteiger partial charge in [-0.15, -0.1) is 0 Å². The molecular formula is C14H22N4O. The average molecular weight is 262 g/mol. The van der Waals surface area contributed by atoms with Gasteiger partial charge in [0, 0.05) is 18.7 Å². The summed E-state index contributed by atoms with van der Waals surface area (Å²) in [5.74, 6) is 2.61. The number of aromatic nitrogens is 2. The van der Waals surface area contributed by atoms with Gasteiger partial charge in [0.15, 0.2) is 0 Å². The standard InChI is InChI=1S/C14H22N4O/c1-19-13-9-12(16-14(15)17-13)18-8-4-6-10-5-2-3-7-11(10)18/h9-11H,2-8H2,1H3,(H2,15,16,17). The van der Waals surface area contributed by atoms with Crippen LogP contribution < -0.4 is 15.4 Å². The van der Waals surface area contributed by atoms with Gasteiger partial charge in [-0.2, -0.15) is 9.97 Å². The van der Waals surface area contributed by atoms with Crippen molar-refractivity contribution in [3.8, 4) is 5.88 Å². The number of fused-ring (bicyclic) bond motifs is 1. The summed E-state index contributed by atoms with van der Waals surface area (Å²) in [5, 5.41) is 0. The molecule has 0 radical (unpaired) electrons. The van der Waals surface area contributed by atoms with E-state index < -0.39 is 0 Å². The van der Waals surface area contributed by atoms with Gasteiger partial charge in [-0.1, -0.05) is 12.8 Å². The number of nitrogen functional groups attached to an aromatic ring is 1. The lowest BCUT2D eigenvalue weighted by molar-refractivity contribution is 0.242. The Morgan fingerprint density at radius 2 is 2.00 bits per heavy atom. The largest absolute Gasteiger partial charge is 0.481 e. The molecule has 1 aliphatic carbocycles. The number of piperidine rings is 1. The number of hydrogen-bond acceptors (Lipinski definition) is 5. The topological polar surface area (TPSA) is 64.3 Å². The van der Waals surface area contributed by atoms with Crippen LogP contribution in [0.15, 0.2) is 6.07 Å². The fraction of sp³-hybridized carbons (Fsp3) is 0.714. The fourth-order valence-electron chi connectivity index (χ4n) is 3.59. The van der Waals surface area contributed by atoms with Crippen molar-refractivity contribution in [3.63, 3.8) is 0 Å². The molecule has 0 bridgehead atoms.